The number of alkyl halides is 2. The lowest BCUT2D eigenvalue weighted by molar-refractivity contribution is -0.189. The molecule has 1 fully saturated rings. The minimum atomic E-state index is -4.79. The van der Waals surface area contributed by atoms with Crippen molar-refractivity contribution in [2.24, 2.45) is 5.92 Å². The van der Waals surface area contributed by atoms with Crippen LogP contribution in [0.5, 0.6) is 5.75 Å². The first-order valence-corrected chi connectivity index (χ1v) is 16.7. The maximum Gasteiger partial charge on any atom is 0.432 e. The quantitative estimate of drug-likeness (QED) is 0.0770. The van der Waals surface area contributed by atoms with Crippen LogP contribution >= 0.6 is 0 Å². The SMILES string of the molecule is CCCCCCCCC1CCC(c2ccc(-c3ccc(-c4cc(F)c(C(F)(F)Oc5cc(F)c(F)c(F)c5)c(F)c4)c(F)c3)c(F)c2)CC1. The fraction of sp³-hybridized carbons (Fsp3) is 0.385. The zero-order valence-electron chi connectivity index (χ0n) is 27.0. The van der Waals surface area contributed by atoms with Gasteiger partial charge >= 0.3 is 6.11 Å². The molecule has 0 aromatic heterocycles. The highest BCUT2D eigenvalue weighted by Gasteiger charge is 2.41. The van der Waals surface area contributed by atoms with Crippen LogP contribution in [0.25, 0.3) is 22.3 Å². The summed E-state index contributed by atoms with van der Waals surface area (Å²) in [6, 6.07) is 9.44. The Labute approximate surface area is 280 Å². The van der Waals surface area contributed by atoms with Gasteiger partial charge in [-0.3, -0.25) is 0 Å². The average molecular weight is 693 g/mol. The molecule has 0 atom stereocenters. The first-order chi connectivity index (χ1) is 23.4. The van der Waals surface area contributed by atoms with E-state index in [0.717, 1.165) is 43.4 Å². The van der Waals surface area contributed by atoms with Crippen molar-refractivity contribution in [1.29, 1.82) is 0 Å². The molecular weight excluding hydrogens is 655 g/mol. The standard InChI is InChI=1S/C39H37F9O/c1-2-3-4-5-6-7-8-23-9-11-24(12-10-23)25-13-15-29(31(40)17-25)26-14-16-30(32(41)18-26)27-19-33(42)37(34(43)20-27)39(47,48)49-28-21-35(44)38(46)36(45)22-28/h13-24H,2-12H2,1H3. The largest absolute Gasteiger partial charge is 0.432 e. The van der Waals surface area contributed by atoms with Crippen molar-refractivity contribution in [3.8, 4) is 28.0 Å². The van der Waals surface area contributed by atoms with Gasteiger partial charge in [-0.2, -0.15) is 8.78 Å². The van der Waals surface area contributed by atoms with E-state index in [2.05, 4.69) is 11.7 Å². The summed E-state index contributed by atoms with van der Waals surface area (Å²) in [5.41, 5.74) is -1.52. The van der Waals surface area contributed by atoms with Gasteiger partial charge in [-0.25, -0.2) is 30.7 Å². The normalized spacial score (nSPS) is 16.6. The Morgan fingerprint density at radius 1 is 0.592 bits per heavy atom. The molecule has 0 aliphatic heterocycles. The maximum atomic E-state index is 15.3. The van der Waals surface area contributed by atoms with E-state index in [1.54, 1.807) is 6.07 Å². The lowest BCUT2D eigenvalue weighted by atomic mass is 9.77. The summed E-state index contributed by atoms with van der Waals surface area (Å²) in [5.74, 6) is -11.1. The van der Waals surface area contributed by atoms with Crippen molar-refractivity contribution in [1.82, 2.24) is 0 Å². The summed E-state index contributed by atoms with van der Waals surface area (Å²) in [6.07, 6.45) is 8.28. The second kappa shape index (κ2) is 15.7. The van der Waals surface area contributed by atoms with Crippen LogP contribution in [0.15, 0.2) is 60.7 Å². The number of hydrogen-bond donors (Lipinski definition) is 0. The van der Waals surface area contributed by atoms with Gasteiger partial charge in [0.15, 0.2) is 17.5 Å². The average Bonchev–Trinajstić information content (AvgIpc) is 3.04. The summed E-state index contributed by atoms with van der Waals surface area (Å²) in [5, 5.41) is 0. The number of halogens is 9. The highest BCUT2D eigenvalue weighted by atomic mass is 19.3. The predicted molar refractivity (Wildman–Crippen MR) is 171 cm³/mol. The van der Waals surface area contributed by atoms with E-state index in [1.165, 1.54) is 57.1 Å². The summed E-state index contributed by atoms with van der Waals surface area (Å²) in [6.45, 7) is 2.21. The number of rotatable bonds is 13. The van der Waals surface area contributed by atoms with E-state index in [1.807, 2.05) is 6.07 Å². The van der Waals surface area contributed by atoms with Crippen molar-refractivity contribution in [3.63, 3.8) is 0 Å². The minimum absolute atomic E-state index is 0.0898. The van der Waals surface area contributed by atoms with Gasteiger partial charge in [0.2, 0.25) is 0 Å². The number of hydrogen-bond acceptors (Lipinski definition) is 1. The Balaban J connectivity index is 1.26. The molecule has 1 aliphatic rings. The fourth-order valence-corrected chi connectivity index (χ4v) is 6.73. The van der Waals surface area contributed by atoms with Crippen LogP contribution in [0.3, 0.4) is 0 Å². The van der Waals surface area contributed by atoms with E-state index in [0.29, 0.717) is 18.1 Å². The van der Waals surface area contributed by atoms with Crippen LogP contribution in [0, 0.1) is 46.6 Å². The Hall–Kier alpha value is -3.95. The van der Waals surface area contributed by atoms with E-state index in [9.17, 15) is 30.7 Å². The van der Waals surface area contributed by atoms with Gasteiger partial charge < -0.3 is 4.74 Å². The molecule has 0 amide bonds. The third-order valence-electron chi connectivity index (χ3n) is 9.40. The highest BCUT2D eigenvalue weighted by Crippen LogP contribution is 2.41. The zero-order valence-corrected chi connectivity index (χ0v) is 27.0. The first-order valence-electron chi connectivity index (χ1n) is 16.7. The van der Waals surface area contributed by atoms with Crippen molar-refractivity contribution in [3.05, 3.63) is 113 Å². The summed E-state index contributed by atoms with van der Waals surface area (Å²) >= 11 is 0. The van der Waals surface area contributed by atoms with Gasteiger partial charge in [-0.05, 0) is 78.5 Å². The Morgan fingerprint density at radius 2 is 1.14 bits per heavy atom. The molecule has 1 aliphatic carbocycles. The van der Waals surface area contributed by atoms with E-state index in [4.69, 9.17) is 0 Å². The van der Waals surface area contributed by atoms with Crippen LogP contribution in [0.1, 0.15) is 94.6 Å². The lowest BCUT2D eigenvalue weighted by Crippen LogP contribution is -2.25. The van der Waals surface area contributed by atoms with Gasteiger partial charge in [0.25, 0.3) is 0 Å². The van der Waals surface area contributed by atoms with Crippen LogP contribution in [0.2, 0.25) is 0 Å². The van der Waals surface area contributed by atoms with Gasteiger partial charge in [-0.15, -0.1) is 0 Å². The Morgan fingerprint density at radius 3 is 1.76 bits per heavy atom. The number of benzene rings is 4. The number of unbranched alkanes of at least 4 members (excludes halogenated alkanes) is 5. The maximum absolute atomic E-state index is 15.3. The summed E-state index contributed by atoms with van der Waals surface area (Å²) in [4.78, 5) is 0. The zero-order chi connectivity index (χ0) is 35.3. The molecular formula is C39H37F9O. The van der Waals surface area contributed by atoms with Gasteiger partial charge in [0.1, 0.15) is 34.6 Å². The molecule has 4 aromatic rings. The van der Waals surface area contributed by atoms with E-state index in [-0.39, 0.29) is 34.7 Å². The molecule has 49 heavy (non-hydrogen) atoms. The molecule has 4 aromatic carbocycles. The third-order valence-corrected chi connectivity index (χ3v) is 9.40. The molecule has 0 unspecified atom stereocenters. The molecule has 0 bridgehead atoms. The summed E-state index contributed by atoms with van der Waals surface area (Å²) < 4.78 is 134. The first kappa shape index (κ1) is 36.3. The van der Waals surface area contributed by atoms with Crippen LogP contribution in [-0.2, 0) is 6.11 Å². The van der Waals surface area contributed by atoms with Gasteiger partial charge in [0.05, 0.1) is 0 Å². The summed E-state index contributed by atoms with van der Waals surface area (Å²) in [7, 11) is 0. The van der Waals surface area contributed by atoms with Crippen LogP contribution < -0.4 is 4.74 Å². The molecule has 0 spiro atoms. The molecule has 0 saturated heterocycles. The smallest absolute Gasteiger partial charge is 0.429 e. The van der Waals surface area contributed by atoms with E-state index < -0.39 is 63.7 Å². The second-order valence-electron chi connectivity index (χ2n) is 12.8. The van der Waals surface area contributed by atoms with Crippen LogP contribution in [-0.4, -0.2) is 0 Å². The highest BCUT2D eigenvalue weighted by molar-refractivity contribution is 5.72. The molecule has 10 heteroatoms. The van der Waals surface area contributed by atoms with Gasteiger partial charge in [-0.1, -0.05) is 76.1 Å². The second-order valence-corrected chi connectivity index (χ2v) is 12.8. The molecule has 5 rings (SSSR count). The molecule has 262 valence electrons. The minimum Gasteiger partial charge on any atom is -0.429 e. The molecule has 0 heterocycles. The molecule has 1 nitrogen and oxygen atoms in total. The van der Waals surface area contributed by atoms with Crippen LogP contribution in [0.4, 0.5) is 39.5 Å². The van der Waals surface area contributed by atoms with Crippen molar-refractivity contribution >= 4 is 0 Å². The lowest BCUT2D eigenvalue weighted by Gasteiger charge is -2.29. The van der Waals surface area contributed by atoms with Gasteiger partial charge in [0, 0.05) is 23.3 Å². The van der Waals surface area contributed by atoms with Crippen molar-refractivity contribution in [2.45, 2.75) is 89.6 Å². The predicted octanol–water partition coefficient (Wildman–Crippen LogP) is 13.1. The topological polar surface area (TPSA) is 9.23 Å². The molecule has 1 saturated carbocycles. The fourth-order valence-electron chi connectivity index (χ4n) is 6.73. The molecule has 0 N–H and O–H groups in total. The molecule has 0 radical (unpaired) electrons. The Kier molecular flexibility index (Phi) is 11.7. The third kappa shape index (κ3) is 8.62. The van der Waals surface area contributed by atoms with E-state index >= 15 is 8.78 Å². The van der Waals surface area contributed by atoms with Crippen molar-refractivity contribution < 1.29 is 44.3 Å². The van der Waals surface area contributed by atoms with Crippen molar-refractivity contribution in [2.75, 3.05) is 0 Å². The number of ether oxygens (including phenoxy) is 1. The monoisotopic (exact) mass is 692 g/mol. The Bertz CT molecular complexity index is 1720.